The van der Waals surface area contributed by atoms with Gasteiger partial charge in [0.15, 0.2) is 5.13 Å². The number of nitrogens with one attached hydrogen (secondary N) is 2. The summed E-state index contributed by atoms with van der Waals surface area (Å²) in [4.78, 5) is 21.9. The Morgan fingerprint density at radius 3 is 2.84 bits per heavy atom. The van der Waals surface area contributed by atoms with Crippen molar-refractivity contribution in [2.75, 3.05) is 19.0 Å². The summed E-state index contributed by atoms with van der Waals surface area (Å²) in [7, 11) is 3.54. The van der Waals surface area contributed by atoms with E-state index in [1.54, 1.807) is 13.3 Å². The summed E-state index contributed by atoms with van der Waals surface area (Å²) in [6.45, 7) is 2.29. The van der Waals surface area contributed by atoms with Crippen molar-refractivity contribution in [2.24, 2.45) is 0 Å². The maximum atomic E-state index is 12.9. The van der Waals surface area contributed by atoms with Crippen LogP contribution < -0.4 is 10.6 Å². The Bertz CT molecular complexity index is 1060. The van der Waals surface area contributed by atoms with Crippen molar-refractivity contribution >= 4 is 29.8 Å². The molecule has 3 aromatic heterocycles. The average molecular weight is 434 g/mol. The molecule has 4 rings (SSSR count). The number of methoxy groups -OCH3 is 1. The van der Waals surface area contributed by atoms with Gasteiger partial charge in [0.25, 0.3) is 5.91 Å². The molecular weight excluding hydrogens is 409 g/mol. The highest BCUT2D eigenvalue weighted by Gasteiger charge is 2.25. The SMILES string of the molecule is C[B]n1ccc(C(=O)NC(COC)C(Nc2nc(-c3ccccn3)cs2)=C2CCC2)c1. The molecule has 3 heterocycles. The molecule has 1 aliphatic carbocycles. The molecule has 0 spiro atoms. The molecule has 9 heteroatoms. The van der Waals surface area contributed by atoms with Crippen LogP contribution in [0.3, 0.4) is 0 Å². The van der Waals surface area contributed by atoms with E-state index >= 15 is 0 Å². The second kappa shape index (κ2) is 9.93. The highest BCUT2D eigenvalue weighted by Crippen LogP contribution is 2.32. The van der Waals surface area contributed by atoms with Crippen LogP contribution in [0.4, 0.5) is 5.13 Å². The zero-order valence-electron chi connectivity index (χ0n) is 17.7. The number of hydrogen-bond donors (Lipinski definition) is 2. The third-order valence-corrected chi connectivity index (χ3v) is 6.03. The van der Waals surface area contributed by atoms with Gasteiger partial charge in [0.1, 0.15) is 5.69 Å². The number of allylic oxidation sites excluding steroid dienone is 1. The first kappa shape index (κ1) is 21.3. The lowest BCUT2D eigenvalue weighted by Gasteiger charge is -2.28. The topological polar surface area (TPSA) is 81.1 Å². The van der Waals surface area contributed by atoms with Gasteiger partial charge in [-0.05, 0) is 49.2 Å². The molecule has 1 saturated carbocycles. The fraction of sp³-hybridized carbons (Fsp3) is 0.318. The predicted octanol–water partition coefficient (Wildman–Crippen LogP) is 3.82. The van der Waals surface area contributed by atoms with Gasteiger partial charge in [-0.2, -0.15) is 0 Å². The number of pyridine rings is 1. The van der Waals surface area contributed by atoms with E-state index in [0.717, 1.165) is 41.5 Å². The van der Waals surface area contributed by atoms with Crippen LogP contribution in [0.2, 0.25) is 6.82 Å². The molecule has 1 radical (unpaired) electrons. The monoisotopic (exact) mass is 434 g/mol. The zero-order chi connectivity index (χ0) is 21.6. The van der Waals surface area contributed by atoms with E-state index in [-0.39, 0.29) is 11.9 Å². The van der Waals surface area contributed by atoms with Gasteiger partial charge in [0.05, 0.1) is 23.9 Å². The number of hydrogen-bond acceptors (Lipinski definition) is 6. The summed E-state index contributed by atoms with van der Waals surface area (Å²) in [5, 5.41) is 9.38. The molecule has 3 aromatic rings. The minimum atomic E-state index is -0.288. The summed E-state index contributed by atoms with van der Waals surface area (Å²) >= 11 is 1.52. The Morgan fingerprint density at radius 1 is 1.32 bits per heavy atom. The lowest BCUT2D eigenvalue weighted by atomic mass is 9.88. The maximum Gasteiger partial charge on any atom is 0.253 e. The van der Waals surface area contributed by atoms with Gasteiger partial charge < -0.3 is 19.8 Å². The van der Waals surface area contributed by atoms with E-state index in [1.807, 2.05) is 60.8 Å². The van der Waals surface area contributed by atoms with Crippen molar-refractivity contribution in [1.29, 1.82) is 0 Å². The lowest BCUT2D eigenvalue weighted by Crippen LogP contribution is -2.42. The maximum absolute atomic E-state index is 12.9. The first-order valence-electron chi connectivity index (χ1n) is 10.3. The van der Waals surface area contributed by atoms with Gasteiger partial charge in [0.2, 0.25) is 7.41 Å². The van der Waals surface area contributed by atoms with Gasteiger partial charge in [-0.1, -0.05) is 12.9 Å². The fourth-order valence-corrected chi connectivity index (χ4v) is 4.15. The molecule has 0 bridgehead atoms. The normalized spacial score (nSPS) is 13.9. The van der Waals surface area contributed by atoms with E-state index in [1.165, 1.54) is 16.9 Å². The Balaban J connectivity index is 1.54. The zero-order valence-corrected chi connectivity index (χ0v) is 18.5. The van der Waals surface area contributed by atoms with Crippen LogP contribution in [0.5, 0.6) is 0 Å². The van der Waals surface area contributed by atoms with E-state index in [4.69, 9.17) is 9.72 Å². The molecule has 31 heavy (non-hydrogen) atoms. The number of ether oxygens (including phenoxy) is 1. The van der Waals surface area contributed by atoms with E-state index in [9.17, 15) is 4.79 Å². The number of carbonyl (C=O) groups is 1. The molecule has 1 aliphatic rings. The van der Waals surface area contributed by atoms with Crippen molar-refractivity contribution in [3.05, 3.63) is 65.1 Å². The molecule has 1 atom stereocenters. The number of aromatic nitrogens is 3. The van der Waals surface area contributed by atoms with Crippen molar-refractivity contribution in [2.45, 2.75) is 32.1 Å². The molecule has 1 fully saturated rings. The van der Waals surface area contributed by atoms with Crippen molar-refractivity contribution in [3.63, 3.8) is 0 Å². The molecule has 159 valence electrons. The number of nitrogens with zero attached hydrogens (tertiary/aromatic N) is 3. The number of thiazole rings is 1. The molecule has 1 amide bonds. The van der Waals surface area contributed by atoms with Crippen LogP contribution in [-0.4, -0.2) is 47.5 Å². The Hall–Kier alpha value is -2.91. The average Bonchev–Trinajstić information content (AvgIpc) is 3.42. The van der Waals surface area contributed by atoms with Crippen LogP contribution in [-0.2, 0) is 4.74 Å². The Morgan fingerprint density at radius 2 is 2.19 bits per heavy atom. The summed E-state index contributed by atoms with van der Waals surface area (Å²) in [6.07, 6.45) is 8.61. The molecule has 0 aliphatic heterocycles. The van der Waals surface area contributed by atoms with Gasteiger partial charge in [0, 0.05) is 30.6 Å². The second-order valence-electron chi connectivity index (χ2n) is 7.34. The smallest absolute Gasteiger partial charge is 0.253 e. The lowest BCUT2D eigenvalue weighted by molar-refractivity contribution is 0.0911. The first-order valence-corrected chi connectivity index (χ1v) is 11.2. The summed E-state index contributed by atoms with van der Waals surface area (Å²) in [5.41, 5.74) is 4.56. The first-order chi connectivity index (χ1) is 15.2. The highest BCUT2D eigenvalue weighted by molar-refractivity contribution is 7.14. The Labute approximate surface area is 186 Å². The molecule has 0 aromatic carbocycles. The molecule has 1 unspecified atom stereocenters. The van der Waals surface area contributed by atoms with Crippen LogP contribution in [0.25, 0.3) is 11.4 Å². The van der Waals surface area contributed by atoms with Crippen molar-refractivity contribution < 1.29 is 9.53 Å². The van der Waals surface area contributed by atoms with Crippen molar-refractivity contribution in [1.82, 2.24) is 19.8 Å². The van der Waals surface area contributed by atoms with Gasteiger partial charge in [-0.3, -0.25) is 9.78 Å². The van der Waals surface area contributed by atoms with Crippen LogP contribution in [0.15, 0.2) is 59.5 Å². The summed E-state index contributed by atoms with van der Waals surface area (Å²) < 4.78 is 7.31. The van der Waals surface area contributed by atoms with E-state index in [0.29, 0.717) is 12.2 Å². The number of rotatable bonds is 9. The third kappa shape index (κ3) is 5.06. The van der Waals surface area contributed by atoms with Crippen molar-refractivity contribution in [3.8, 4) is 11.4 Å². The third-order valence-electron chi connectivity index (χ3n) is 5.27. The van der Waals surface area contributed by atoms with Crippen LogP contribution in [0, 0.1) is 0 Å². The molecule has 0 saturated heterocycles. The quantitative estimate of drug-likeness (QED) is 0.501. The van der Waals surface area contributed by atoms with Gasteiger partial charge >= 0.3 is 0 Å². The standard InChI is InChI=1S/C22H25BN5O2S/c1-23-28-11-9-16(12-28)21(29)25-18(13-30-2)20(15-6-5-7-15)27-22-26-19(14-31-22)17-8-3-4-10-24-17/h3-4,8-12,14,18H,5-7,13H2,1-2H3,(H,25,29)(H,26,27). The minimum Gasteiger partial charge on any atom is -0.402 e. The van der Waals surface area contributed by atoms with E-state index < -0.39 is 0 Å². The van der Waals surface area contributed by atoms with Crippen LogP contribution in [0.1, 0.15) is 29.6 Å². The van der Waals surface area contributed by atoms with E-state index in [2.05, 4.69) is 15.6 Å². The van der Waals surface area contributed by atoms with Gasteiger partial charge in [-0.15, -0.1) is 11.3 Å². The fourth-order valence-electron chi connectivity index (χ4n) is 3.44. The molecular formula is C22H25BN5O2S. The Kier molecular flexibility index (Phi) is 6.84. The highest BCUT2D eigenvalue weighted by atomic mass is 32.1. The minimum absolute atomic E-state index is 0.129. The predicted molar refractivity (Wildman–Crippen MR) is 124 cm³/mol. The number of carbonyl (C=O) groups excluding carboxylic acids is 1. The van der Waals surface area contributed by atoms with Crippen LogP contribution >= 0.6 is 11.3 Å². The molecule has 7 nitrogen and oxygen atoms in total. The summed E-state index contributed by atoms with van der Waals surface area (Å²) in [6, 6.07) is 7.30. The number of amides is 1. The molecule has 2 N–H and O–H groups in total. The number of anilines is 1. The van der Waals surface area contributed by atoms with Gasteiger partial charge in [-0.25, -0.2) is 4.98 Å². The summed E-state index contributed by atoms with van der Waals surface area (Å²) in [5.74, 6) is -0.129. The second-order valence-corrected chi connectivity index (χ2v) is 8.19. The largest absolute Gasteiger partial charge is 0.402 e.